The topological polar surface area (TPSA) is 85.3 Å². The average molecular weight is 359 g/mol. The number of hydrogen-bond acceptors (Lipinski definition) is 6. The van der Waals surface area contributed by atoms with E-state index in [1.165, 1.54) is 12.1 Å². The highest BCUT2D eigenvalue weighted by Crippen LogP contribution is 2.22. The second kappa shape index (κ2) is 7.42. The predicted octanol–water partition coefficient (Wildman–Crippen LogP) is 3.93. The van der Waals surface area contributed by atoms with E-state index in [-0.39, 0.29) is 5.69 Å². The van der Waals surface area contributed by atoms with Crippen LogP contribution in [0.2, 0.25) is 5.02 Å². The molecule has 0 radical (unpaired) electrons. The first-order chi connectivity index (χ1) is 12.0. The van der Waals surface area contributed by atoms with Gasteiger partial charge in [-0.3, -0.25) is 15.0 Å². The second-order valence-corrected chi connectivity index (χ2v) is 5.99. The van der Waals surface area contributed by atoms with Crippen LogP contribution in [0.25, 0.3) is 11.4 Å². The van der Waals surface area contributed by atoms with Crippen molar-refractivity contribution in [1.82, 2.24) is 15.0 Å². The number of nitrogens with zero attached hydrogens (tertiary/aromatic N) is 4. The van der Waals surface area contributed by atoms with Crippen LogP contribution < -0.4 is 0 Å². The Kier molecular flexibility index (Phi) is 5.06. The summed E-state index contributed by atoms with van der Waals surface area (Å²) < 4.78 is 5.25. The first kappa shape index (κ1) is 17.1. The fourth-order valence-electron chi connectivity index (χ4n) is 2.40. The highest BCUT2D eigenvalue weighted by Gasteiger charge is 2.14. The zero-order valence-corrected chi connectivity index (χ0v) is 14.2. The molecule has 0 N–H and O–H groups in total. The van der Waals surface area contributed by atoms with Crippen molar-refractivity contribution in [3.05, 3.63) is 75.1 Å². The minimum Gasteiger partial charge on any atom is -0.338 e. The molecule has 3 rings (SSSR count). The third kappa shape index (κ3) is 4.20. The van der Waals surface area contributed by atoms with E-state index in [0.717, 1.165) is 5.56 Å². The Morgan fingerprint density at radius 3 is 2.76 bits per heavy atom. The summed E-state index contributed by atoms with van der Waals surface area (Å²) in [5, 5.41) is 15.5. The summed E-state index contributed by atoms with van der Waals surface area (Å²) in [6.07, 6.45) is 0. The van der Waals surface area contributed by atoms with Gasteiger partial charge in [0.05, 0.1) is 11.5 Å². The number of rotatable bonds is 6. The molecule has 8 heteroatoms. The Bertz CT molecular complexity index is 897. The smallest absolute Gasteiger partial charge is 0.270 e. The maximum Gasteiger partial charge on any atom is 0.270 e. The minimum absolute atomic E-state index is 0.0142. The van der Waals surface area contributed by atoms with E-state index in [4.69, 9.17) is 16.1 Å². The summed E-state index contributed by atoms with van der Waals surface area (Å²) in [4.78, 5) is 16.7. The lowest BCUT2D eigenvalue weighted by atomic mass is 10.2. The molecule has 0 amide bonds. The molecule has 1 heterocycles. The molecule has 128 valence electrons. The molecular formula is C17H15ClN4O3. The van der Waals surface area contributed by atoms with Crippen molar-refractivity contribution in [1.29, 1.82) is 0 Å². The Balaban J connectivity index is 1.70. The SMILES string of the molecule is CN(Cc1nc(-c2cccc([N+](=O)[O-])c2)no1)Cc1ccccc1Cl. The van der Waals surface area contributed by atoms with E-state index in [9.17, 15) is 10.1 Å². The van der Waals surface area contributed by atoms with Crippen molar-refractivity contribution >= 4 is 17.3 Å². The molecule has 3 aromatic rings. The van der Waals surface area contributed by atoms with Gasteiger partial charge >= 0.3 is 0 Å². The molecule has 0 atom stereocenters. The maximum atomic E-state index is 10.9. The number of nitro groups is 1. The molecule has 0 aliphatic rings. The third-order valence-electron chi connectivity index (χ3n) is 3.59. The fourth-order valence-corrected chi connectivity index (χ4v) is 2.59. The van der Waals surface area contributed by atoms with Gasteiger partial charge in [-0.1, -0.05) is 47.1 Å². The van der Waals surface area contributed by atoms with Gasteiger partial charge in [-0.2, -0.15) is 4.98 Å². The van der Waals surface area contributed by atoms with Crippen molar-refractivity contribution in [3.63, 3.8) is 0 Å². The largest absolute Gasteiger partial charge is 0.338 e. The highest BCUT2D eigenvalue weighted by molar-refractivity contribution is 6.31. The van der Waals surface area contributed by atoms with Gasteiger partial charge in [0.2, 0.25) is 11.7 Å². The van der Waals surface area contributed by atoms with Crippen LogP contribution in [-0.4, -0.2) is 27.0 Å². The molecule has 0 bridgehead atoms. The first-order valence-electron chi connectivity index (χ1n) is 7.52. The fraction of sp³-hybridized carbons (Fsp3) is 0.176. The van der Waals surface area contributed by atoms with Crippen molar-refractivity contribution in [3.8, 4) is 11.4 Å². The molecule has 7 nitrogen and oxygen atoms in total. The summed E-state index contributed by atoms with van der Waals surface area (Å²) >= 11 is 6.16. The van der Waals surface area contributed by atoms with Crippen LogP contribution in [0.4, 0.5) is 5.69 Å². The summed E-state index contributed by atoms with van der Waals surface area (Å²) in [6, 6.07) is 13.8. The number of non-ortho nitro benzene ring substituents is 1. The van der Waals surface area contributed by atoms with Gasteiger partial charge < -0.3 is 4.52 Å². The van der Waals surface area contributed by atoms with Gasteiger partial charge in [0.15, 0.2) is 0 Å². The van der Waals surface area contributed by atoms with Gasteiger partial charge in [-0.25, -0.2) is 0 Å². The molecule has 0 aliphatic heterocycles. The van der Waals surface area contributed by atoms with E-state index in [1.807, 2.05) is 36.2 Å². The monoisotopic (exact) mass is 358 g/mol. The van der Waals surface area contributed by atoms with Gasteiger partial charge in [0.1, 0.15) is 0 Å². The summed E-state index contributed by atoms with van der Waals surface area (Å²) in [5.74, 6) is 0.751. The molecule has 0 unspecified atom stereocenters. The molecule has 2 aromatic carbocycles. The van der Waals surface area contributed by atoms with Crippen molar-refractivity contribution in [2.75, 3.05) is 7.05 Å². The number of benzene rings is 2. The van der Waals surface area contributed by atoms with E-state index in [2.05, 4.69) is 10.1 Å². The van der Waals surface area contributed by atoms with Crippen LogP contribution in [0, 0.1) is 10.1 Å². The van der Waals surface area contributed by atoms with Crippen molar-refractivity contribution < 1.29 is 9.45 Å². The van der Waals surface area contributed by atoms with Gasteiger partial charge in [-0.15, -0.1) is 0 Å². The molecule has 0 fully saturated rings. The quantitative estimate of drug-likeness (QED) is 0.490. The van der Waals surface area contributed by atoms with Crippen LogP contribution in [0.15, 0.2) is 53.1 Å². The van der Waals surface area contributed by atoms with Crippen LogP contribution in [0.5, 0.6) is 0 Å². The molecule has 0 saturated heterocycles. The van der Waals surface area contributed by atoms with E-state index in [0.29, 0.717) is 35.4 Å². The molecule has 0 saturated carbocycles. The standard InChI is InChI=1S/C17H15ClN4O3/c1-21(10-13-5-2-3-8-15(13)18)11-16-19-17(20-25-16)12-6-4-7-14(9-12)22(23)24/h2-9H,10-11H2,1H3. The van der Waals surface area contributed by atoms with Crippen molar-refractivity contribution in [2.24, 2.45) is 0 Å². The molecule has 0 spiro atoms. The summed E-state index contributed by atoms with van der Waals surface area (Å²) in [6.45, 7) is 1.07. The Labute approximate surface area is 149 Å². The van der Waals surface area contributed by atoms with Crippen LogP contribution in [0.3, 0.4) is 0 Å². The van der Waals surface area contributed by atoms with Crippen LogP contribution in [0.1, 0.15) is 11.5 Å². The zero-order chi connectivity index (χ0) is 17.8. The number of hydrogen-bond donors (Lipinski definition) is 0. The number of nitro benzene ring substituents is 1. The second-order valence-electron chi connectivity index (χ2n) is 5.58. The molecule has 1 aromatic heterocycles. The van der Waals surface area contributed by atoms with Crippen LogP contribution >= 0.6 is 11.6 Å². The van der Waals surface area contributed by atoms with Gasteiger partial charge in [-0.05, 0) is 18.7 Å². The predicted molar refractivity (Wildman–Crippen MR) is 93.0 cm³/mol. The number of aromatic nitrogens is 2. The first-order valence-corrected chi connectivity index (χ1v) is 7.90. The minimum atomic E-state index is -0.456. The molecule has 0 aliphatic carbocycles. The Morgan fingerprint density at radius 2 is 2.00 bits per heavy atom. The lowest BCUT2D eigenvalue weighted by Crippen LogP contribution is -2.17. The van der Waals surface area contributed by atoms with E-state index < -0.39 is 4.92 Å². The maximum absolute atomic E-state index is 10.9. The third-order valence-corrected chi connectivity index (χ3v) is 3.96. The summed E-state index contributed by atoms with van der Waals surface area (Å²) in [7, 11) is 1.92. The zero-order valence-electron chi connectivity index (χ0n) is 13.4. The molecular weight excluding hydrogens is 344 g/mol. The van der Waals surface area contributed by atoms with Gasteiger partial charge in [0, 0.05) is 29.3 Å². The van der Waals surface area contributed by atoms with E-state index >= 15 is 0 Å². The Morgan fingerprint density at radius 1 is 1.20 bits per heavy atom. The molecule has 25 heavy (non-hydrogen) atoms. The lowest BCUT2D eigenvalue weighted by Gasteiger charge is -2.14. The highest BCUT2D eigenvalue weighted by atomic mass is 35.5. The van der Waals surface area contributed by atoms with Crippen molar-refractivity contribution in [2.45, 2.75) is 13.1 Å². The Hall–Kier alpha value is -2.77. The summed E-state index contributed by atoms with van der Waals surface area (Å²) in [5.41, 5.74) is 1.53. The van der Waals surface area contributed by atoms with E-state index in [1.54, 1.807) is 12.1 Å². The normalized spacial score (nSPS) is 11.0. The lowest BCUT2D eigenvalue weighted by molar-refractivity contribution is -0.384. The van der Waals surface area contributed by atoms with Gasteiger partial charge in [0.25, 0.3) is 5.69 Å². The number of halogens is 1. The average Bonchev–Trinajstić information content (AvgIpc) is 3.05. The van der Waals surface area contributed by atoms with Crippen LogP contribution in [-0.2, 0) is 13.1 Å².